The lowest BCUT2D eigenvalue weighted by Gasteiger charge is -2.09. The molecule has 0 bridgehead atoms. The number of nitro benzene ring substituents is 1. The van der Waals surface area contributed by atoms with Gasteiger partial charge in [0.1, 0.15) is 5.75 Å². The second kappa shape index (κ2) is 8.23. The van der Waals surface area contributed by atoms with Gasteiger partial charge in [-0.2, -0.15) is 5.10 Å². The summed E-state index contributed by atoms with van der Waals surface area (Å²) >= 11 is 6.14. The quantitative estimate of drug-likeness (QED) is 0.320. The molecule has 0 aliphatic heterocycles. The van der Waals surface area contributed by atoms with Gasteiger partial charge in [-0.1, -0.05) is 48.0 Å². The van der Waals surface area contributed by atoms with Crippen molar-refractivity contribution in [3.63, 3.8) is 0 Å². The first kappa shape index (κ1) is 19.4. The molecule has 3 aromatic carbocycles. The Balaban J connectivity index is 1.79. The average Bonchev–Trinajstić information content (AvgIpc) is 3.19. The fourth-order valence-corrected chi connectivity index (χ4v) is 3.25. The van der Waals surface area contributed by atoms with Gasteiger partial charge in [-0.15, -0.1) is 0 Å². The SMILES string of the molecule is O=[N+]([O-])c1cccc(/C=C/c2cc(-c3cc(Cl)ccc3O)n(-c3ccccc3)n2)c1. The van der Waals surface area contributed by atoms with Gasteiger partial charge in [0.05, 0.1) is 22.0 Å². The molecule has 30 heavy (non-hydrogen) atoms. The lowest BCUT2D eigenvalue weighted by atomic mass is 10.1. The highest BCUT2D eigenvalue weighted by Crippen LogP contribution is 2.34. The van der Waals surface area contributed by atoms with Crippen molar-refractivity contribution in [1.29, 1.82) is 0 Å². The molecule has 0 amide bonds. The van der Waals surface area contributed by atoms with Crippen molar-refractivity contribution < 1.29 is 10.0 Å². The Hall–Kier alpha value is -3.90. The van der Waals surface area contributed by atoms with E-state index in [1.54, 1.807) is 47.2 Å². The third-order valence-electron chi connectivity index (χ3n) is 4.49. The van der Waals surface area contributed by atoms with Gasteiger partial charge in [-0.3, -0.25) is 10.1 Å². The third-order valence-corrected chi connectivity index (χ3v) is 4.73. The first-order valence-electron chi connectivity index (χ1n) is 9.08. The first-order chi connectivity index (χ1) is 14.5. The number of non-ortho nitro benzene ring substituents is 1. The van der Waals surface area contributed by atoms with Crippen LogP contribution in [0.2, 0.25) is 5.02 Å². The van der Waals surface area contributed by atoms with Crippen molar-refractivity contribution in [2.24, 2.45) is 0 Å². The molecule has 0 saturated carbocycles. The maximum Gasteiger partial charge on any atom is 0.270 e. The second-order valence-corrected chi connectivity index (χ2v) is 6.99. The van der Waals surface area contributed by atoms with Crippen molar-refractivity contribution in [2.75, 3.05) is 0 Å². The molecule has 0 radical (unpaired) electrons. The number of aromatic nitrogens is 2. The lowest BCUT2D eigenvalue weighted by Crippen LogP contribution is -1.99. The van der Waals surface area contributed by atoms with Crippen LogP contribution >= 0.6 is 11.6 Å². The van der Waals surface area contributed by atoms with Crippen molar-refractivity contribution in [2.45, 2.75) is 0 Å². The molecule has 1 heterocycles. The van der Waals surface area contributed by atoms with Gasteiger partial charge in [0.2, 0.25) is 0 Å². The minimum Gasteiger partial charge on any atom is -0.507 e. The van der Waals surface area contributed by atoms with Gasteiger partial charge >= 0.3 is 0 Å². The minimum absolute atomic E-state index is 0.0245. The molecule has 4 aromatic rings. The van der Waals surface area contributed by atoms with E-state index >= 15 is 0 Å². The Labute approximate surface area is 177 Å². The number of hydrogen-bond acceptors (Lipinski definition) is 4. The van der Waals surface area contributed by atoms with E-state index < -0.39 is 4.92 Å². The number of hydrogen-bond donors (Lipinski definition) is 1. The normalized spacial score (nSPS) is 11.1. The van der Waals surface area contributed by atoms with E-state index in [0.29, 0.717) is 27.5 Å². The molecular formula is C23H16ClN3O3. The highest BCUT2D eigenvalue weighted by Gasteiger charge is 2.14. The van der Waals surface area contributed by atoms with Crippen LogP contribution in [-0.4, -0.2) is 19.8 Å². The molecule has 1 N–H and O–H groups in total. The smallest absolute Gasteiger partial charge is 0.270 e. The molecular weight excluding hydrogens is 402 g/mol. The molecule has 1 aromatic heterocycles. The molecule has 0 atom stereocenters. The van der Waals surface area contributed by atoms with E-state index in [9.17, 15) is 15.2 Å². The second-order valence-electron chi connectivity index (χ2n) is 6.55. The Morgan fingerprint density at radius 3 is 2.53 bits per heavy atom. The maximum absolute atomic E-state index is 11.0. The number of aromatic hydroxyl groups is 1. The van der Waals surface area contributed by atoms with E-state index in [1.165, 1.54) is 12.1 Å². The predicted octanol–water partition coefficient (Wildman–Crippen LogP) is 5.98. The monoisotopic (exact) mass is 417 g/mol. The largest absolute Gasteiger partial charge is 0.507 e. The van der Waals surface area contributed by atoms with Crippen LogP contribution in [0.15, 0.2) is 78.9 Å². The summed E-state index contributed by atoms with van der Waals surface area (Å²) in [5.41, 5.74) is 3.37. The number of phenols is 1. The lowest BCUT2D eigenvalue weighted by molar-refractivity contribution is -0.384. The van der Waals surface area contributed by atoms with Crippen LogP contribution in [0.1, 0.15) is 11.3 Å². The van der Waals surface area contributed by atoms with Gasteiger partial charge in [0.15, 0.2) is 0 Å². The Morgan fingerprint density at radius 1 is 0.967 bits per heavy atom. The summed E-state index contributed by atoms with van der Waals surface area (Å²) in [4.78, 5) is 10.6. The zero-order valence-corrected chi connectivity index (χ0v) is 16.4. The summed E-state index contributed by atoms with van der Waals surface area (Å²) in [6.07, 6.45) is 3.52. The molecule has 0 unspecified atom stereocenters. The van der Waals surface area contributed by atoms with E-state index in [0.717, 1.165) is 5.69 Å². The number of nitrogens with zero attached hydrogens (tertiary/aromatic N) is 3. The van der Waals surface area contributed by atoms with Crippen LogP contribution in [0, 0.1) is 10.1 Å². The maximum atomic E-state index is 11.0. The van der Waals surface area contributed by atoms with Crippen LogP contribution in [0.3, 0.4) is 0 Å². The standard InChI is InChI=1S/C23H16ClN3O3/c24-17-10-12-23(28)21(14-17)22-15-18(25-26(22)19-6-2-1-3-7-19)11-9-16-5-4-8-20(13-16)27(29)30/h1-15,28H/b11-9+. The van der Waals surface area contributed by atoms with E-state index in [2.05, 4.69) is 5.10 Å². The summed E-state index contributed by atoms with van der Waals surface area (Å²) in [7, 11) is 0. The van der Waals surface area contributed by atoms with Crippen LogP contribution in [0.5, 0.6) is 5.75 Å². The third kappa shape index (κ3) is 4.09. The number of phenolic OH excluding ortho intramolecular Hbond substituents is 1. The Bertz CT molecular complexity index is 1250. The number of para-hydroxylation sites is 1. The number of halogens is 1. The highest BCUT2D eigenvalue weighted by atomic mass is 35.5. The van der Waals surface area contributed by atoms with Gasteiger partial charge < -0.3 is 5.11 Å². The predicted molar refractivity (Wildman–Crippen MR) is 118 cm³/mol. The van der Waals surface area contributed by atoms with Gasteiger partial charge in [-0.25, -0.2) is 4.68 Å². The van der Waals surface area contributed by atoms with Crippen LogP contribution in [0.4, 0.5) is 5.69 Å². The molecule has 0 aliphatic rings. The zero-order valence-electron chi connectivity index (χ0n) is 15.6. The first-order valence-corrected chi connectivity index (χ1v) is 9.46. The molecule has 7 heteroatoms. The van der Waals surface area contributed by atoms with Crippen LogP contribution < -0.4 is 0 Å². The molecule has 0 saturated heterocycles. The zero-order chi connectivity index (χ0) is 21.1. The van der Waals surface area contributed by atoms with Crippen LogP contribution in [-0.2, 0) is 0 Å². The average molecular weight is 418 g/mol. The number of nitro groups is 1. The molecule has 6 nitrogen and oxygen atoms in total. The fraction of sp³-hybridized carbons (Fsp3) is 0. The van der Waals surface area contributed by atoms with Gasteiger partial charge in [0.25, 0.3) is 5.69 Å². The van der Waals surface area contributed by atoms with Gasteiger partial charge in [0, 0.05) is 22.7 Å². The topological polar surface area (TPSA) is 81.2 Å². The molecule has 0 aliphatic carbocycles. The van der Waals surface area contributed by atoms with E-state index in [4.69, 9.17) is 11.6 Å². The number of rotatable bonds is 5. The molecule has 4 rings (SSSR count). The van der Waals surface area contributed by atoms with E-state index in [-0.39, 0.29) is 11.4 Å². The summed E-state index contributed by atoms with van der Waals surface area (Å²) in [6, 6.07) is 22.5. The van der Waals surface area contributed by atoms with Crippen molar-refractivity contribution in [1.82, 2.24) is 9.78 Å². The summed E-state index contributed by atoms with van der Waals surface area (Å²) in [6.45, 7) is 0. The summed E-state index contributed by atoms with van der Waals surface area (Å²) < 4.78 is 1.72. The van der Waals surface area contributed by atoms with Crippen LogP contribution in [0.25, 0.3) is 29.1 Å². The van der Waals surface area contributed by atoms with Crippen molar-refractivity contribution >= 4 is 29.4 Å². The minimum atomic E-state index is -0.429. The fourth-order valence-electron chi connectivity index (χ4n) is 3.08. The van der Waals surface area contributed by atoms with Crippen molar-refractivity contribution in [3.05, 3.63) is 105 Å². The summed E-state index contributed by atoms with van der Waals surface area (Å²) in [5.74, 6) is 0.0886. The van der Waals surface area contributed by atoms with Gasteiger partial charge in [-0.05, 0) is 48.0 Å². The molecule has 0 fully saturated rings. The molecule has 0 spiro atoms. The van der Waals surface area contributed by atoms with Crippen molar-refractivity contribution in [3.8, 4) is 22.7 Å². The Kier molecular flexibility index (Phi) is 5.32. The number of benzene rings is 3. The highest BCUT2D eigenvalue weighted by molar-refractivity contribution is 6.31. The van der Waals surface area contributed by atoms with E-state index in [1.807, 2.05) is 36.4 Å². The Morgan fingerprint density at radius 2 is 1.77 bits per heavy atom. The summed E-state index contributed by atoms with van der Waals surface area (Å²) in [5, 5.41) is 26.5. The molecule has 148 valence electrons.